The molecule has 0 aliphatic heterocycles. The van der Waals surface area contributed by atoms with Gasteiger partial charge in [-0.3, -0.25) is 0 Å². The summed E-state index contributed by atoms with van der Waals surface area (Å²) in [6, 6.07) is 1.69. The van der Waals surface area contributed by atoms with E-state index >= 15 is 0 Å². The summed E-state index contributed by atoms with van der Waals surface area (Å²) in [5.74, 6) is -2.90. The maximum Gasteiger partial charge on any atom is 0.335 e. The smallest absolute Gasteiger partial charge is 0.335 e. The molecule has 1 aromatic carbocycles. The predicted octanol–water partition coefficient (Wildman–Crippen LogP) is 0.437. The Kier molecular flexibility index (Phi) is 3.93. The molecule has 0 atom stereocenters. The number of nitrogens with zero attached hydrogens (tertiary/aromatic N) is 3. The second kappa shape index (κ2) is 5.83. The molecule has 3 aromatic rings. The zero-order valence-electron chi connectivity index (χ0n) is 10.9. The van der Waals surface area contributed by atoms with Gasteiger partial charge in [0.2, 0.25) is 0 Å². The number of rotatable bonds is 1. The van der Waals surface area contributed by atoms with E-state index in [0.717, 1.165) is 12.1 Å². The number of aromatic carboxylic acids is 1. The zero-order valence-corrected chi connectivity index (χ0v) is 10.9. The maximum atomic E-state index is 10.3. The monoisotopic (exact) mass is 305 g/mol. The molecule has 0 amide bonds. The minimum atomic E-state index is -1.29. The van der Waals surface area contributed by atoms with Gasteiger partial charge in [0.15, 0.2) is 28.7 Å². The Morgan fingerprint density at radius 2 is 1.73 bits per heavy atom. The van der Waals surface area contributed by atoms with Crippen molar-refractivity contribution in [1.29, 1.82) is 0 Å². The van der Waals surface area contributed by atoms with Gasteiger partial charge in [-0.05, 0) is 12.1 Å². The lowest BCUT2D eigenvalue weighted by Crippen LogP contribution is -1.95. The zero-order chi connectivity index (χ0) is 16.3. The molecule has 10 heteroatoms. The second-order valence-corrected chi connectivity index (χ2v) is 4.03. The van der Waals surface area contributed by atoms with Crippen molar-refractivity contribution in [1.82, 2.24) is 19.9 Å². The molecule has 2 aromatic heterocycles. The standard InChI is InChI=1S/C7H6O5.C5H5N5/c8-4-1-3(7(11)12)2-5(9)6(4)10;6-4-3-5(9-1-7-3)10-2-8-4/h1-2,8-10H,(H,11,12);1-2H,(H3,6,7,8,9,10). The van der Waals surface area contributed by atoms with Crippen LogP contribution in [0.25, 0.3) is 11.2 Å². The van der Waals surface area contributed by atoms with E-state index in [0.29, 0.717) is 17.0 Å². The molecule has 10 nitrogen and oxygen atoms in total. The van der Waals surface area contributed by atoms with E-state index in [4.69, 9.17) is 26.2 Å². The van der Waals surface area contributed by atoms with Crippen molar-refractivity contribution in [2.24, 2.45) is 0 Å². The number of nitrogens with one attached hydrogen (secondary N) is 1. The number of fused-ring (bicyclic) bond motifs is 1. The summed E-state index contributed by atoms with van der Waals surface area (Å²) in [4.78, 5) is 24.7. The average Bonchev–Trinajstić information content (AvgIpc) is 2.95. The number of carbonyl (C=O) groups is 1. The Bertz CT molecular complexity index is 809. The molecular weight excluding hydrogens is 294 g/mol. The highest BCUT2D eigenvalue weighted by atomic mass is 16.4. The summed E-state index contributed by atoms with van der Waals surface area (Å²) in [6.07, 6.45) is 2.92. The third kappa shape index (κ3) is 2.95. The fourth-order valence-electron chi connectivity index (χ4n) is 1.51. The van der Waals surface area contributed by atoms with Gasteiger partial charge in [-0.1, -0.05) is 0 Å². The highest BCUT2D eigenvalue weighted by Crippen LogP contribution is 2.35. The van der Waals surface area contributed by atoms with E-state index in [1.54, 1.807) is 0 Å². The largest absolute Gasteiger partial charge is 0.504 e. The first-order valence-electron chi connectivity index (χ1n) is 5.78. The number of nitrogen functional groups attached to an aromatic ring is 1. The van der Waals surface area contributed by atoms with Crippen molar-refractivity contribution in [2.75, 3.05) is 5.73 Å². The lowest BCUT2D eigenvalue weighted by Gasteiger charge is -2.01. The highest BCUT2D eigenvalue weighted by Gasteiger charge is 2.11. The number of phenolic OH excluding ortho intramolecular Hbond substituents is 3. The Morgan fingerprint density at radius 3 is 2.27 bits per heavy atom. The van der Waals surface area contributed by atoms with E-state index in [1.807, 2.05) is 0 Å². The summed E-state index contributed by atoms with van der Waals surface area (Å²) in [5.41, 5.74) is 6.49. The lowest BCUT2D eigenvalue weighted by atomic mass is 10.2. The number of phenols is 3. The molecule has 0 fully saturated rings. The third-order valence-corrected chi connectivity index (χ3v) is 2.57. The average molecular weight is 305 g/mol. The minimum absolute atomic E-state index is 0.289. The van der Waals surface area contributed by atoms with Crippen LogP contribution in [0.15, 0.2) is 24.8 Å². The molecule has 2 heterocycles. The molecule has 0 saturated heterocycles. The number of carboxylic acids is 1. The third-order valence-electron chi connectivity index (χ3n) is 2.57. The number of aromatic amines is 1. The van der Waals surface area contributed by atoms with Gasteiger partial charge in [-0.25, -0.2) is 19.7 Å². The van der Waals surface area contributed by atoms with E-state index in [2.05, 4.69) is 19.9 Å². The normalized spacial score (nSPS) is 10.0. The van der Waals surface area contributed by atoms with Crippen LogP contribution >= 0.6 is 0 Å². The molecule has 0 radical (unpaired) electrons. The van der Waals surface area contributed by atoms with Gasteiger partial charge in [0.05, 0.1) is 11.9 Å². The van der Waals surface area contributed by atoms with Crippen LogP contribution in [0, 0.1) is 0 Å². The van der Waals surface area contributed by atoms with Crippen LogP contribution in [0.2, 0.25) is 0 Å². The Labute approximate surface area is 122 Å². The Balaban J connectivity index is 0.000000162. The summed E-state index contributed by atoms with van der Waals surface area (Å²) in [6.45, 7) is 0. The van der Waals surface area contributed by atoms with Gasteiger partial charge in [-0.2, -0.15) is 0 Å². The number of carboxylic acid groups (broad SMARTS) is 1. The first-order valence-corrected chi connectivity index (χ1v) is 5.78. The van der Waals surface area contributed by atoms with Crippen molar-refractivity contribution >= 4 is 23.0 Å². The molecule has 22 heavy (non-hydrogen) atoms. The van der Waals surface area contributed by atoms with Crippen molar-refractivity contribution in [3.63, 3.8) is 0 Å². The molecule has 0 saturated carbocycles. The summed E-state index contributed by atoms with van der Waals surface area (Å²) >= 11 is 0. The number of H-pyrrole nitrogens is 1. The molecule has 0 unspecified atom stereocenters. The summed E-state index contributed by atoms with van der Waals surface area (Å²) in [5, 5.41) is 35.0. The fraction of sp³-hybridized carbons (Fsp3) is 0. The van der Waals surface area contributed by atoms with Gasteiger partial charge < -0.3 is 31.1 Å². The number of nitrogens with two attached hydrogens (primary N) is 1. The Hall–Kier alpha value is -3.56. The number of aromatic nitrogens is 4. The lowest BCUT2D eigenvalue weighted by molar-refractivity contribution is 0.0696. The second-order valence-electron chi connectivity index (χ2n) is 4.03. The molecular formula is C12H11N5O5. The number of aromatic hydroxyl groups is 3. The van der Waals surface area contributed by atoms with E-state index < -0.39 is 23.2 Å². The minimum Gasteiger partial charge on any atom is -0.504 e. The van der Waals surface area contributed by atoms with Crippen molar-refractivity contribution in [2.45, 2.75) is 0 Å². The molecule has 114 valence electrons. The first-order chi connectivity index (χ1) is 10.4. The number of benzene rings is 1. The van der Waals surface area contributed by atoms with Gasteiger partial charge in [0, 0.05) is 0 Å². The Morgan fingerprint density at radius 1 is 1.09 bits per heavy atom. The molecule has 0 spiro atoms. The molecule has 7 N–H and O–H groups in total. The summed E-state index contributed by atoms with van der Waals surface area (Å²) < 4.78 is 0. The number of hydrogen-bond donors (Lipinski definition) is 6. The molecule has 0 bridgehead atoms. The van der Waals surface area contributed by atoms with Gasteiger partial charge in [0.1, 0.15) is 11.8 Å². The van der Waals surface area contributed by atoms with Crippen LogP contribution in [0.1, 0.15) is 10.4 Å². The first kappa shape index (κ1) is 14.8. The fourth-order valence-corrected chi connectivity index (χ4v) is 1.51. The van der Waals surface area contributed by atoms with Gasteiger partial charge >= 0.3 is 5.97 Å². The van der Waals surface area contributed by atoms with Crippen LogP contribution in [-0.4, -0.2) is 46.3 Å². The van der Waals surface area contributed by atoms with Crippen LogP contribution in [0.5, 0.6) is 17.2 Å². The number of hydrogen-bond acceptors (Lipinski definition) is 8. The van der Waals surface area contributed by atoms with Crippen molar-refractivity contribution in [3.8, 4) is 17.2 Å². The maximum absolute atomic E-state index is 10.3. The molecule has 0 aliphatic rings. The van der Waals surface area contributed by atoms with Crippen LogP contribution in [-0.2, 0) is 0 Å². The van der Waals surface area contributed by atoms with Crippen molar-refractivity contribution < 1.29 is 25.2 Å². The van der Waals surface area contributed by atoms with Gasteiger partial charge in [0.25, 0.3) is 0 Å². The number of imidazole rings is 1. The SMILES string of the molecule is Nc1ncnc2nc[nH]c12.O=C(O)c1cc(O)c(O)c(O)c1. The topological polar surface area (TPSA) is 178 Å². The van der Waals surface area contributed by atoms with Crippen molar-refractivity contribution in [3.05, 3.63) is 30.4 Å². The van der Waals surface area contributed by atoms with Crippen LogP contribution in [0.3, 0.4) is 0 Å². The van der Waals surface area contributed by atoms with Crippen LogP contribution < -0.4 is 5.73 Å². The van der Waals surface area contributed by atoms with Gasteiger partial charge in [-0.15, -0.1) is 0 Å². The van der Waals surface area contributed by atoms with Crippen LogP contribution in [0.4, 0.5) is 5.82 Å². The quantitative estimate of drug-likeness (QED) is 0.348. The highest BCUT2D eigenvalue weighted by molar-refractivity contribution is 5.89. The van der Waals surface area contributed by atoms with E-state index in [-0.39, 0.29) is 5.56 Å². The molecule has 3 rings (SSSR count). The van der Waals surface area contributed by atoms with E-state index in [9.17, 15) is 4.79 Å². The molecule has 0 aliphatic carbocycles. The predicted molar refractivity (Wildman–Crippen MR) is 74.5 cm³/mol. The number of anilines is 1. The summed E-state index contributed by atoms with van der Waals surface area (Å²) in [7, 11) is 0. The van der Waals surface area contributed by atoms with E-state index in [1.165, 1.54) is 12.7 Å².